The monoisotopic (exact) mass is 380 g/mol. The van der Waals surface area contributed by atoms with E-state index < -0.39 is 17.8 Å². The van der Waals surface area contributed by atoms with E-state index in [-0.39, 0.29) is 17.8 Å². The molecule has 1 rings (SSSR count). The van der Waals surface area contributed by atoms with Crippen LogP contribution in [0.4, 0.5) is 0 Å². The van der Waals surface area contributed by atoms with Crippen LogP contribution in [0.5, 0.6) is 0 Å². The Labute approximate surface area is 163 Å². The second-order valence-corrected chi connectivity index (χ2v) is 7.71. The van der Waals surface area contributed by atoms with Crippen molar-refractivity contribution < 1.29 is 24.9 Å². The summed E-state index contributed by atoms with van der Waals surface area (Å²) in [4.78, 5) is 11.0. The topological polar surface area (TPSA) is 87.0 Å². The van der Waals surface area contributed by atoms with Crippen molar-refractivity contribution in [3.8, 4) is 0 Å². The van der Waals surface area contributed by atoms with E-state index >= 15 is 0 Å². The number of esters is 1. The van der Waals surface area contributed by atoms with Crippen LogP contribution >= 0.6 is 0 Å². The molecule has 5 heteroatoms. The van der Waals surface area contributed by atoms with Gasteiger partial charge in [-0.3, -0.25) is 4.79 Å². The maximum absolute atomic E-state index is 11.0. The molecule has 1 aliphatic carbocycles. The third-order valence-electron chi connectivity index (χ3n) is 5.23. The highest BCUT2D eigenvalue weighted by Crippen LogP contribution is 2.36. The van der Waals surface area contributed by atoms with Gasteiger partial charge < -0.3 is 20.1 Å². The number of carbonyl (C=O) groups is 1. The number of methoxy groups -OCH3 is 1. The molecule has 1 aliphatic rings. The van der Waals surface area contributed by atoms with Crippen LogP contribution in [0, 0.1) is 11.8 Å². The van der Waals surface area contributed by atoms with Crippen molar-refractivity contribution in [3.05, 3.63) is 30.0 Å². The van der Waals surface area contributed by atoms with E-state index in [4.69, 9.17) is 0 Å². The van der Waals surface area contributed by atoms with Crippen LogP contribution in [-0.2, 0) is 9.53 Å². The molecule has 0 aromatic heterocycles. The normalized spacial score (nSPS) is 27.2. The lowest BCUT2D eigenvalue weighted by Gasteiger charge is -2.23. The van der Waals surface area contributed by atoms with Crippen molar-refractivity contribution >= 4 is 5.97 Å². The van der Waals surface area contributed by atoms with Gasteiger partial charge in [-0.2, -0.15) is 0 Å². The van der Waals surface area contributed by atoms with Crippen LogP contribution in [0.25, 0.3) is 0 Å². The Morgan fingerprint density at radius 2 is 2.00 bits per heavy atom. The quantitative estimate of drug-likeness (QED) is 0.222. The molecule has 27 heavy (non-hydrogen) atoms. The van der Waals surface area contributed by atoms with Gasteiger partial charge in [-0.05, 0) is 44.3 Å². The smallest absolute Gasteiger partial charge is 0.305 e. The Balaban J connectivity index is 2.62. The summed E-state index contributed by atoms with van der Waals surface area (Å²) in [5.74, 6) is -0.548. The molecule has 0 radical (unpaired) electrons. The molecule has 0 aliphatic heterocycles. The van der Waals surface area contributed by atoms with Gasteiger partial charge in [-0.1, -0.05) is 38.3 Å². The summed E-state index contributed by atoms with van der Waals surface area (Å²) < 4.78 is 4.58. The van der Waals surface area contributed by atoms with Crippen LogP contribution in [0.2, 0.25) is 0 Å². The van der Waals surface area contributed by atoms with Crippen molar-refractivity contribution in [1.29, 1.82) is 0 Å². The first-order valence-electron chi connectivity index (χ1n) is 10.0. The molecule has 0 aromatic rings. The lowest BCUT2D eigenvalue weighted by atomic mass is 9.88. The summed E-state index contributed by atoms with van der Waals surface area (Å²) in [7, 11) is 1.36. The molecular weight excluding hydrogens is 344 g/mol. The van der Waals surface area contributed by atoms with Gasteiger partial charge in [-0.25, -0.2) is 0 Å². The Hall–Kier alpha value is -1.39. The minimum Gasteiger partial charge on any atom is -0.469 e. The molecule has 1 saturated carbocycles. The van der Waals surface area contributed by atoms with Gasteiger partial charge >= 0.3 is 5.97 Å². The van der Waals surface area contributed by atoms with Crippen molar-refractivity contribution in [2.24, 2.45) is 11.8 Å². The van der Waals surface area contributed by atoms with E-state index in [0.717, 1.165) is 19.3 Å². The number of allylic oxidation sites excluding steroid dienone is 1. The zero-order valence-electron chi connectivity index (χ0n) is 16.9. The fourth-order valence-corrected chi connectivity index (χ4v) is 3.50. The standard InChI is InChI=1S/C22H36O5/c1-4-5-10-14-22(2,26)15-13-18-17(19(23)16-20(18)24)11-8-6-7-9-12-21(25)27-3/h7-8,13,15,17-20,23-24,26H,4-5,9-12,14,16H2,1-3H3/t6?,17-,18-,19+,20-,22?/m1/s1. The summed E-state index contributed by atoms with van der Waals surface area (Å²) >= 11 is 0. The zero-order chi connectivity index (χ0) is 20.3. The van der Waals surface area contributed by atoms with E-state index in [2.05, 4.69) is 17.4 Å². The minimum absolute atomic E-state index is 0.107. The average Bonchev–Trinajstić information content (AvgIpc) is 2.89. The lowest BCUT2D eigenvalue weighted by Crippen LogP contribution is -2.24. The summed E-state index contributed by atoms with van der Waals surface area (Å²) in [6.45, 7) is 3.92. The van der Waals surface area contributed by atoms with Crippen molar-refractivity contribution in [1.82, 2.24) is 0 Å². The predicted octanol–water partition coefficient (Wildman–Crippen LogP) is 3.29. The molecule has 5 atom stereocenters. The van der Waals surface area contributed by atoms with Crippen molar-refractivity contribution in [3.63, 3.8) is 0 Å². The van der Waals surface area contributed by atoms with Gasteiger partial charge in [0.1, 0.15) is 0 Å². The van der Waals surface area contributed by atoms with Gasteiger partial charge in [-0.15, -0.1) is 5.73 Å². The van der Waals surface area contributed by atoms with E-state index in [1.54, 1.807) is 19.1 Å². The number of aliphatic hydroxyl groups excluding tert-OH is 2. The molecule has 3 N–H and O–H groups in total. The van der Waals surface area contributed by atoms with Crippen LogP contribution in [-0.4, -0.2) is 46.2 Å². The van der Waals surface area contributed by atoms with E-state index in [0.29, 0.717) is 32.1 Å². The van der Waals surface area contributed by atoms with Crippen LogP contribution in [0.3, 0.4) is 0 Å². The fraction of sp³-hybridized carbons (Fsp3) is 0.727. The number of carbonyl (C=O) groups excluding carboxylic acids is 1. The van der Waals surface area contributed by atoms with Crippen LogP contribution in [0.15, 0.2) is 30.0 Å². The molecule has 5 nitrogen and oxygen atoms in total. The highest BCUT2D eigenvalue weighted by Gasteiger charge is 2.39. The lowest BCUT2D eigenvalue weighted by molar-refractivity contribution is -0.140. The van der Waals surface area contributed by atoms with E-state index in [9.17, 15) is 20.1 Å². The number of hydrogen-bond donors (Lipinski definition) is 3. The number of rotatable bonds is 11. The molecule has 0 aromatic carbocycles. The third kappa shape index (κ3) is 8.89. The summed E-state index contributed by atoms with van der Waals surface area (Å²) in [6, 6.07) is 0. The van der Waals surface area contributed by atoms with Crippen molar-refractivity contribution in [2.45, 2.75) is 83.0 Å². The highest BCUT2D eigenvalue weighted by atomic mass is 16.5. The van der Waals surface area contributed by atoms with E-state index in [1.807, 2.05) is 12.2 Å². The Morgan fingerprint density at radius 1 is 1.26 bits per heavy atom. The van der Waals surface area contributed by atoms with Crippen LogP contribution in [0.1, 0.15) is 65.2 Å². The molecule has 0 heterocycles. The molecule has 1 fully saturated rings. The number of aliphatic hydroxyl groups is 3. The molecule has 1 unspecified atom stereocenters. The van der Waals surface area contributed by atoms with Crippen molar-refractivity contribution in [2.75, 3.05) is 7.11 Å². The molecule has 154 valence electrons. The van der Waals surface area contributed by atoms with Crippen LogP contribution < -0.4 is 0 Å². The Morgan fingerprint density at radius 3 is 2.67 bits per heavy atom. The number of ether oxygens (including phenoxy) is 1. The maximum Gasteiger partial charge on any atom is 0.305 e. The summed E-state index contributed by atoms with van der Waals surface area (Å²) in [5, 5.41) is 31.0. The fourth-order valence-electron chi connectivity index (χ4n) is 3.50. The second-order valence-electron chi connectivity index (χ2n) is 7.71. The first-order chi connectivity index (χ1) is 12.8. The summed E-state index contributed by atoms with van der Waals surface area (Å²) in [6.07, 6.45) is 11.7. The molecule has 0 spiro atoms. The summed E-state index contributed by atoms with van der Waals surface area (Å²) in [5.41, 5.74) is 2.14. The number of unbranched alkanes of at least 4 members (excludes halogenated alkanes) is 2. The molecule has 0 amide bonds. The average molecular weight is 381 g/mol. The first-order valence-corrected chi connectivity index (χ1v) is 10.0. The van der Waals surface area contributed by atoms with Gasteiger partial charge in [0.05, 0.1) is 24.9 Å². The van der Waals surface area contributed by atoms with Gasteiger partial charge in [0.25, 0.3) is 0 Å². The largest absolute Gasteiger partial charge is 0.469 e. The van der Waals surface area contributed by atoms with Gasteiger partial charge in [0.2, 0.25) is 0 Å². The molecule has 0 saturated heterocycles. The van der Waals surface area contributed by atoms with Gasteiger partial charge in [0, 0.05) is 18.8 Å². The maximum atomic E-state index is 11.0. The number of hydrogen-bond acceptors (Lipinski definition) is 5. The predicted molar refractivity (Wildman–Crippen MR) is 106 cm³/mol. The molecule has 0 bridgehead atoms. The second kappa shape index (κ2) is 12.1. The molecular formula is C22H36O5. The Kier molecular flexibility index (Phi) is 10.6. The van der Waals surface area contributed by atoms with E-state index in [1.165, 1.54) is 7.11 Å². The third-order valence-corrected chi connectivity index (χ3v) is 5.23. The highest BCUT2D eigenvalue weighted by molar-refractivity contribution is 5.69. The first kappa shape index (κ1) is 23.6. The SMILES string of the molecule is CCCCCC(C)(O)C=C[C@@H]1[C@@H](CC=C=CCCC(=O)OC)[C@@H](O)C[C@H]1O. The Bertz CT molecular complexity index is 531. The minimum atomic E-state index is -0.892. The van der Waals surface area contributed by atoms with Gasteiger partial charge in [0.15, 0.2) is 0 Å². The zero-order valence-corrected chi connectivity index (χ0v) is 16.9.